The van der Waals surface area contributed by atoms with Crippen LogP contribution in [0.5, 0.6) is 0 Å². The molecule has 1 aliphatic heterocycles. The van der Waals surface area contributed by atoms with Gasteiger partial charge in [-0.25, -0.2) is 13.8 Å². The van der Waals surface area contributed by atoms with Crippen LogP contribution in [0.25, 0.3) is 11.3 Å². The number of benzene rings is 2. The standard InChI is InChI=1S/C65H96F2N6O15S/c1-48(2)54(44-53(75)22-27-82-29-31-84-33-35-86-37-39-88-41-40-87-38-36-85-34-32-83-30-28-81-26-10-15-52(74)21-25-72-59(77)19-20-60(72)78)64(80)69-49(3)58(76)16-11-42-89-47-61(79)73(24-12-23-68)62(65(4,5)6)63-70-57(55-43-51(66)17-18-56(55)67)46-71(63)45-50-13-8-7-9-14-50/h7-9,13-14,17-20,43,46,48-49,54,62H,10-12,15-16,21-42,44-45,47,68H2,1-6H3,(H,69,80)/t49-,54-,62-/m0/s1. The third-order valence-electron chi connectivity index (χ3n) is 14.3. The van der Waals surface area contributed by atoms with Crippen molar-refractivity contribution in [2.24, 2.45) is 23.0 Å². The Morgan fingerprint density at radius 3 is 1.76 bits per heavy atom. The van der Waals surface area contributed by atoms with Crippen LogP contribution in [0.2, 0.25) is 0 Å². The number of imide groups is 1. The SMILES string of the molecule is CC(C)[C@H](CC(=O)CCOCCOCCOCCOCCOCCOCCOCCOCCCC(=O)CCN1C(=O)C=CC1=O)C(=O)N[C@@H](C)C(=O)CCCSCC(=O)N(CCCN)[C@@H](c1nc(-c2cc(F)ccc2F)cn1Cc1ccccc1)C(C)(C)C. The smallest absolute Gasteiger partial charge is 0.253 e. The van der Waals surface area contributed by atoms with Gasteiger partial charge in [-0.3, -0.25) is 38.5 Å². The Hall–Kier alpha value is -5.67. The molecule has 2 heterocycles. The Kier molecular flexibility index (Phi) is 36.8. The second kappa shape index (κ2) is 43.2. The molecule has 3 atom stereocenters. The lowest BCUT2D eigenvalue weighted by Crippen LogP contribution is -2.44. The lowest BCUT2D eigenvalue weighted by Gasteiger charge is -2.40. The van der Waals surface area contributed by atoms with Gasteiger partial charge in [0.1, 0.15) is 29.0 Å². The van der Waals surface area contributed by atoms with E-state index in [1.807, 2.05) is 69.5 Å². The quantitative estimate of drug-likeness (QED) is 0.0420. The molecule has 0 saturated carbocycles. The van der Waals surface area contributed by atoms with Gasteiger partial charge in [0.15, 0.2) is 5.78 Å². The van der Waals surface area contributed by atoms with Gasteiger partial charge in [-0.1, -0.05) is 65.0 Å². The minimum Gasteiger partial charge on any atom is -0.379 e. The molecule has 3 aromatic rings. The number of nitrogens with zero attached hydrogens (tertiary/aromatic N) is 4. The number of nitrogens with two attached hydrogens (primary N) is 1. The van der Waals surface area contributed by atoms with Gasteiger partial charge in [-0.2, -0.15) is 11.8 Å². The molecule has 0 saturated heterocycles. The van der Waals surface area contributed by atoms with Crippen LogP contribution in [0.3, 0.4) is 0 Å². The normalized spacial score (nSPS) is 13.6. The first-order valence-corrected chi connectivity index (χ1v) is 32.1. The van der Waals surface area contributed by atoms with Gasteiger partial charge in [-0.05, 0) is 73.6 Å². The van der Waals surface area contributed by atoms with Gasteiger partial charge in [-0.15, -0.1) is 0 Å². The number of thioether (sulfide) groups is 1. The summed E-state index contributed by atoms with van der Waals surface area (Å²) < 4.78 is 75.7. The highest BCUT2D eigenvalue weighted by atomic mass is 32.2. The van der Waals surface area contributed by atoms with Gasteiger partial charge in [0.05, 0.1) is 123 Å². The third kappa shape index (κ3) is 29.9. The molecule has 0 aliphatic carbocycles. The Balaban J connectivity index is 0.993. The van der Waals surface area contributed by atoms with E-state index in [-0.39, 0.29) is 109 Å². The van der Waals surface area contributed by atoms with Gasteiger partial charge in [0.2, 0.25) is 11.8 Å². The molecule has 2 aromatic carbocycles. The van der Waals surface area contributed by atoms with Crippen molar-refractivity contribution in [1.29, 1.82) is 0 Å². The molecule has 24 heteroatoms. The number of hydrogen-bond donors (Lipinski definition) is 2. The van der Waals surface area contributed by atoms with Crippen LogP contribution in [0.1, 0.15) is 110 Å². The molecular formula is C65H96F2N6O15S. The summed E-state index contributed by atoms with van der Waals surface area (Å²) >= 11 is 1.40. The highest BCUT2D eigenvalue weighted by Crippen LogP contribution is 2.40. The number of ketones is 3. The van der Waals surface area contributed by atoms with E-state index in [0.717, 1.165) is 28.7 Å². The summed E-state index contributed by atoms with van der Waals surface area (Å²) in [7, 11) is 0. The van der Waals surface area contributed by atoms with E-state index in [9.17, 15) is 38.0 Å². The Morgan fingerprint density at radius 2 is 1.22 bits per heavy atom. The summed E-state index contributed by atoms with van der Waals surface area (Å²) in [6, 6.07) is 11.6. The maximum atomic E-state index is 15.2. The number of ether oxygens (including phenoxy) is 8. The van der Waals surface area contributed by atoms with Crippen molar-refractivity contribution in [3.8, 4) is 11.3 Å². The average Bonchev–Trinajstić information content (AvgIpc) is 1.89. The van der Waals surface area contributed by atoms with Crippen molar-refractivity contribution in [1.82, 2.24) is 24.7 Å². The first-order chi connectivity index (χ1) is 42.8. The number of carbonyl (C=O) groups is 7. The number of hydrogen-bond acceptors (Lipinski definition) is 18. The van der Waals surface area contributed by atoms with Crippen molar-refractivity contribution in [3.63, 3.8) is 0 Å². The largest absolute Gasteiger partial charge is 0.379 e. The van der Waals surface area contributed by atoms with Gasteiger partial charge >= 0.3 is 0 Å². The highest BCUT2D eigenvalue weighted by Gasteiger charge is 2.38. The molecule has 3 N–H and O–H groups in total. The molecule has 0 bridgehead atoms. The molecule has 0 spiro atoms. The van der Waals surface area contributed by atoms with Crippen LogP contribution in [0.4, 0.5) is 8.78 Å². The number of amides is 4. The molecule has 0 fully saturated rings. The highest BCUT2D eigenvalue weighted by molar-refractivity contribution is 7.99. The fraction of sp³-hybridized carbons (Fsp3) is 0.631. The Labute approximate surface area is 528 Å². The lowest BCUT2D eigenvalue weighted by molar-refractivity contribution is -0.137. The first kappa shape index (κ1) is 75.8. The van der Waals surface area contributed by atoms with Crippen molar-refractivity contribution >= 4 is 52.7 Å². The number of rotatable bonds is 51. The summed E-state index contributed by atoms with van der Waals surface area (Å²) in [5.74, 6) is -2.42. The van der Waals surface area contributed by atoms with Crippen LogP contribution in [0.15, 0.2) is 66.9 Å². The predicted molar refractivity (Wildman–Crippen MR) is 334 cm³/mol. The summed E-state index contributed by atoms with van der Waals surface area (Å²) in [5, 5.41) is 2.83. The van der Waals surface area contributed by atoms with Crippen LogP contribution in [0, 0.1) is 28.9 Å². The molecule has 1 aliphatic rings. The number of aromatic nitrogens is 2. The van der Waals surface area contributed by atoms with E-state index < -0.39 is 35.1 Å². The Morgan fingerprint density at radius 1 is 0.674 bits per heavy atom. The second-order valence-electron chi connectivity index (χ2n) is 22.9. The Bertz CT molecular complexity index is 2620. The molecule has 0 radical (unpaired) electrons. The maximum Gasteiger partial charge on any atom is 0.253 e. The molecule has 4 rings (SSSR count). The van der Waals surface area contributed by atoms with Crippen molar-refractivity contribution in [2.45, 2.75) is 112 Å². The van der Waals surface area contributed by atoms with Crippen LogP contribution in [-0.2, 0) is 78.0 Å². The van der Waals surface area contributed by atoms with Crippen molar-refractivity contribution in [2.75, 3.05) is 137 Å². The molecule has 4 amide bonds. The fourth-order valence-electron chi connectivity index (χ4n) is 9.43. The number of imidazole rings is 1. The van der Waals surface area contributed by atoms with E-state index in [0.29, 0.717) is 149 Å². The zero-order valence-corrected chi connectivity index (χ0v) is 53.8. The number of carbonyl (C=O) groups excluding carboxylic acids is 7. The van der Waals surface area contributed by atoms with E-state index in [1.54, 1.807) is 18.0 Å². The summed E-state index contributed by atoms with van der Waals surface area (Å²) in [6.45, 7) is 18.6. The molecule has 89 heavy (non-hydrogen) atoms. The minimum atomic E-state index is -0.771. The maximum absolute atomic E-state index is 15.2. The van der Waals surface area contributed by atoms with Crippen LogP contribution in [-0.4, -0.2) is 203 Å². The zero-order valence-electron chi connectivity index (χ0n) is 53.0. The minimum absolute atomic E-state index is 0.0165. The van der Waals surface area contributed by atoms with Crippen molar-refractivity contribution in [3.05, 3.63) is 89.9 Å². The molecule has 0 unspecified atom stereocenters. The topological polar surface area (TPSA) is 256 Å². The second-order valence-corrected chi connectivity index (χ2v) is 24.0. The van der Waals surface area contributed by atoms with Gasteiger partial charge in [0.25, 0.3) is 11.8 Å². The van der Waals surface area contributed by atoms with Crippen LogP contribution < -0.4 is 11.1 Å². The van der Waals surface area contributed by atoms with E-state index in [1.165, 1.54) is 23.9 Å². The molecule has 496 valence electrons. The van der Waals surface area contributed by atoms with Crippen LogP contribution >= 0.6 is 11.8 Å². The summed E-state index contributed by atoms with van der Waals surface area (Å²) in [4.78, 5) is 96.7. The first-order valence-electron chi connectivity index (χ1n) is 31.0. The van der Waals surface area contributed by atoms with E-state index >= 15 is 4.39 Å². The summed E-state index contributed by atoms with van der Waals surface area (Å²) in [5.41, 5.74) is 6.67. The monoisotopic (exact) mass is 1270 g/mol. The average molecular weight is 1270 g/mol. The molecule has 21 nitrogen and oxygen atoms in total. The zero-order chi connectivity index (χ0) is 64.8. The number of halogens is 2. The number of Topliss-reactive ketones (excluding diaryl/α,β-unsaturated/α-hetero) is 3. The fourth-order valence-corrected chi connectivity index (χ4v) is 10.3. The lowest BCUT2D eigenvalue weighted by atomic mass is 9.84. The molecule has 1 aromatic heterocycles. The third-order valence-corrected chi connectivity index (χ3v) is 15.3. The molecular weight excluding hydrogens is 1170 g/mol. The number of nitrogens with one attached hydrogen (secondary N) is 1. The van der Waals surface area contributed by atoms with Crippen molar-refractivity contribution < 1.29 is 80.2 Å². The predicted octanol–water partition coefficient (Wildman–Crippen LogP) is 7.15. The van der Waals surface area contributed by atoms with E-state index in [4.69, 9.17) is 48.6 Å². The van der Waals surface area contributed by atoms with Gasteiger partial charge in [0, 0.05) is 88.2 Å². The van der Waals surface area contributed by atoms with E-state index in [2.05, 4.69) is 5.32 Å². The van der Waals surface area contributed by atoms with Gasteiger partial charge < -0.3 is 58.4 Å². The summed E-state index contributed by atoms with van der Waals surface area (Å²) in [6.07, 6.45) is 6.45.